The molecular formula is C13H19N3O3S. The lowest BCUT2D eigenvalue weighted by Gasteiger charge is -2.21. The van der Waals surface area contributed by atoms with E-state index in [2.05, 4.69) is 5.43 Å². The number of nitrogens with zero attached hydrogens (tertiary/aromatic N) is 1. The van der Waals surface area contributed by atoms with E-state index in [1.54, 1.807) is 17.0 Å². The summed E-state index contributed by atoms with van der Waals surface area (Å²) in [6.45, 7) is 2.58. The van der Waals surface area contributed by atoms with Crippen molar-refractivity contribution in [1.29, 1.82) is 0 Å². The number of carbonyl (C=O) groups excluding carboxylic acids is 1. The molecule has 1 heterocycles. The van der Waals surface area contributed by atoms with Crippen molar-refractivity contribution in [2.75, 3.05) is 30.0 Å². The van der Waals surface area contributed by atoms with Crippen LogP contribution in [-0.2, 0) is 9.84 Å². The Morgan fingerprint density at radius 2 is 2.05 bits per heavy atom. The van der Waals surface area contributed by atoms with Crippen LogP contribution < -0.4 is 11.3 Å². The van der Waals surface area contributed by atoms with E-state index in [1.165, 1.54) is 0 Å². The number of amides is 1. The minimum atomic E-state index is -3.03. The van der Waals surface area contributed by atoms with Crippen molar-refractivity contribution in [3.05, 3.63) is 29.3 Å². The summed E-state index contributed by atoms with van der Waals surface area (Å²) >= 11 is 0. The minimum Gasteiger partial charge on any atom is -0.338 e. The topological polar surface area (TPSA) is 92.5 Å². The van der Waals surface area contributed by atoms with Crippen LogP contribution in [0.3, 0.4) is 0 Å². The standard InChI is InChI=1S/C13H19N3O3S/c1-10-3-4-12(15-14)11(9-10)13(17)16-5-2-7-20(18,19)8-6-16/h3-4,9,15H,2,5-8,14H2,1H3. The molecule has 3 N–H and O–H groups in total. The SMILES string of the molecule is Cc1ccc(NN)c(C(=O)N2CCCS(=O)(=O)CC2)c1. The smallest absolute Gasteiger partial charge is 0.256 e. The number of hydrogen-bond donors (Lipinski definition) is 2. The maximum atomic E-state index is 12.5. The lowest BCUT2D eigenvalue weighted by molar-refractivity contribution is 0.0769. The molecule has 2 rings (SSSR count). The van der Waals surface area contributed by atoms with Crippen molar-refractivity contribution in [3.8, 4) is 0 Å². The van der Waals surface area contributed by atoms with Crippen LogP contribution in [-0.4, -0.2) is 43.8 Å². The van der Waals surface area contributed by atoms with Gasteiger partial charge in [0.2, 0.25) is 0 Å². The molecule has 7 heteroatoms. The number of anilines is 1. The molecule has 0 aromatic heterocycles. The van der Waals surface area contributed by atoms with E-state index in [0.717, 1.165) is 5.56 Å². The van der Waals surface area contributed by atoms with E-state index in [1.807, 2.05) is 13.0 Å². The van der Waals surface area contributed by atoms with Gasteiger partial charge in [-0.3, -0.25) is 10.6 Å². The Morgan fingerprint density at radius 1 is 1.30 bits per heavy atom. The number of hydrogen-bond acceptors (Lipinski definition) is 5. The van der Waals surface area contributed by atoms with Crippen molar-refractivity contribution in [2.24, 2.45) is 5.84 Å². The van der Waals surface area contributed by atoms with Gasteiger partial charge in [0, 0.05) is 13.1 Å². The van der Waals surface area contributed by atoms with E-state index in [9.17, 15) is 13.2 Å². The van der Waals surface area contributed by atoms with Gasteiger partial charge in [-0.25, -0.2) is 8.42 Å². The highest BCUT2D eigenvalue weighted by atomic mass is 32.2. The van der Waals surface area contributed by atoms with Crippen molar-refractivity contribution in [1.82, 2.24) is 4.90 Å². The van der Waals surface area contributed by atoms with Crippen LogP contribution in [0.15, 0.2) is 18.2 Å². The predicted octanol–water partition coefficient (Wildman–Crippen LogP) is 0.541. The lowest BCUT2D eigenvalue weighted by Crippen LogP contribution is -2.34. The van der Waals surface area contributed by atoms with E-state index < -0.39 is 9.84 Å². The summed E-state index contributed by atoms with van der Waals surface area (Å²) in [4.78, 5) is 14.1. The third kappa shape index (κ3) is 3.29. The molecule has 1 aliphatic rings. The van der Waals surface area contributed by atoms with Crippen LogP contribution in [0, 0.1) is 6.92 Å². The van der Waals surface area contributed by atoms with Gasteiger partial charge in [0.05, 0.1) is 22.8 Å². The minimum absolute atomic E-state index is 0.0238. The zero-order chi connectivity index (χ0) is 14.8. The number of nitrogen functional groups attached to an aromatic ring is 1. The lowest BCUT2D eigenvalue weighted by atomic mass is 10.1. The number of aryl methyl sites for hydroxylation is 1. The van der Waals surface area contributed by atoms with Crippen LogP contribution >= 0.6 is 0 Å². The zero-order valence-corrected chi connectivity index (χ0v) is 12.2. The number of carbonyl (C=O) groups is 1. The maximum absolute atomic E-state index is 12.5. The Kier molecular flexibility index (Phi) is 4.29. The highest BCUT2D eigenvalue weighted by molar-refractivity contribution is 7.91. The molecule has 0 unspecified atom stereocenters. The van der Waals surface area contributed by atoms with E-state index in [-0.39, 0.29) is 24.0 Å². The second-order valence-corrected chi connectivity index (χ2v) is 7.29. The largest absolute Gasteiger partial charge is 0.338 e. The third-order valence-electron chi connectivity index (χ3n) is 3.40. The Hall–Kier alpha value is -1.60. The quantitative estimate of drug-likeness (QED) is 0.614. The molecule has 6 nitrogen and oxygen atoms in total. The molecule has 0 saturated carbocycles. The molecule has 20 heavy (non-hydrogen) atoms. The number of hydrazine groups is 1. The molecule has 0 aliphatic carbocycles. The fourth-order valence-electron chi connectivity index (χ4n) is 2.27. The average Bonchev–Trinajstić information content (AvgIpc) is 2.59. The van der Waals surface area contributed by atoms with Crippen LogP contribution in [0.5, 0.6) is 0 Å². The molecular weight excluding hydrogens is 278 g/mol. The highest BCUT2D eigenvalue weighted by Crippen LogP contribution is 2.19. The Bertz CT molecular complexity index is 613. The summed E-state index contributed by atoms with van der Waals surface area (Å²) in [7, 11) is -3.03. The summed E-state index contributed by atoms with van der Waals surface area (Å²) in [5.41, 5.74) is 4.49. The van der Waals surface area contributed by atoms with Crippen LogP contribution in [0.4, 0.5) is 5.69 Å². The molecule has 1 aliphatic heterocycles. The molecule has 1 saturated heterocycles. The molecule has 1 aromatic rings. The zero-order valence-electron chi connectivity index (χ0n) is 11.4. The molecule has 0 radical (unpaired) electrons. The van der Waals surface area contributed by atoms with Crippen molar-refractivity contribution in [3.63, 3.8) is 0 Å². The molecule has 0 atom stereocenters. The molecule has 0 bridgehead atoms. The summed E-state index contributed by atoms with van der Waals surface area (Å²) in [5, 5.41) is 0. The van der Waals surface area contributed by atoms with E-state index >= 15 is 0 Å². The first-order chi connectivity index (χ1) is 9.43. The first-order valence-corrected chi connectivity index (χ1v) is 8.32. The summed E-state index contributed by atoms with van der Waals surface area (Å²) < 4.78 is 23.2. The second kappa shape index (κ2) is 5.80. The van der Waals surface area contributed by atoms with Gasteiger partial charge >= 0.3 is 0 Å². The Labute approximate surface area is 118 Å². The maximum Gasteiger partial charge on any atom is 0.256 e. The third-order valence-corrected chi connectivity index (χ3v) is 5.12. The van der Waals surface area contributed by atoms with Gasteiger partial charge in [-0.2, -0.15) is 0 Å². The monoisotopic (exact) mass is 297 g/mol. The van der Waals surface area contributed by atoms with Gasteiger partial charge in [0.25, 0.3) is 5.91 Å². The first-order valence-electron chi connectivity index (χ1n) is 6.50. The molecule has 1 fully saturated rings. The number of nitrogens with one attached hydrogen (secondary N) is 1. The van der Waals surface area contributed by atoms with Gasteiger partial charge < -0.3 is 10.3 Å². The highest BCUT2D eigenvalue weighted by Gasteiger charge is 2.24. The first kappa shape index (κ1) is 14.8. The Balaban J connectivity index is 2.25. The van der Waals surface area contributed by atoms with Gasteiger partial charge in [-0.15, -0.1) is 0 Å². The predicted molar refractivity (Wildman–Crippen MR) is 78.2 cm³/mol. The van der Waals surface area contributed by atoms with Gasteiger partial charge in [0.1, 0.15) is 0 Å². The van der Waals surface area contributed by atoms with Crippen molar-refractivity contribution >= 4 is 21.4 Å². The second-order valence-electron chi connectivity index (χ2n) is 4.99. The molecule has 1 aromatic carbocycles. The summed E-state index contributed by atoms with van der Waals surface area (Å²) in [5.74, 6) is 5.41. The van der Waals surface area contributed by atoms with Crippen molar-refractivity contribution in [2.45, 2.75) is 13.3 Å². The summed E-state index contributed by atoms with van der Waals surface area (Å²) in [6.07, 6.45) is 0.477. The molecule has 1 amide bonds. The van der Waals surface area contributed by atoms with E-state index in [4.69, 9.17) is 5.84 Å². The summed E-state index contributed by atoms with van der Waals surface area (Å²) in [6, 6.07) is 5.37. The van der Waals surface area contributed by atoms with Gasteiger partial charge in [0.15, 0.2) is 9.84 Å². The van der Waals surface area contributed by atoms with E-state index in [0.29, 0.717) is 24.2 Å². The fraction of sp³-hybridized carbons (Fsp3) is 0.462. The fourth-order valence-corrected chi connectivity index (χ4v) is 3.54. The van der Waals surface area contributed by atoms with Crippen LogP contribution in [0.1, 0.15) is 22.3 Å². The number of benzene rings is 1. The van der Waals surface area contributed by atoms with Gasteiger partial charge in [-0.1, -0.05) is 11.6 Å². The van der Waals surface area contributed by atoms with Crippen LogP contribution in [0.25, 0.3) is 0 Å². The van der Waals surface area contributed by atoms with Crippen molar-refractivity contribution < 1.29 is 13.2 Å². The number of nitrogens with two attached hydrogens (primary N) is 1. The molecule has 110 valence electrons. The Morgan fingerprint density at radius 3 is 2.75 bits per heavy atom. The average molecular weight is 297 g/mol. The van der Waals surface area contributed by atoms with Gasteiger partial charge in [-0.05, 0) is 25.5 Å². The normalized spacial score (nSPS) is 18.4. The van der Waals surface area contributed by atoms with Crippen LogP contribution in [0.2, 0.25) is 0 Å². The molecule has 0 spiro atoms. The number of rotatable bonds is 2. The number of sulfone groups is 1.